The molecule has 0 aliphatic carbocycles. The number of aryl methyl sites for hydroxylation is 1. The molecule has 27 heavy (non-hydrogen) atoms. The summed E-state index contributed by atoms with van der Waals surface area (Å²) in [6, 6.07) is 0. The number of nitrogens with one attached hydrogen (secondary N) is 1. The molecule has 1 aliphatic rings. The molecule has 1 aliphatic heterocycles. The van der Waals surface area contributed by atoms with Gasteiger partial charge in [0.2, 0.25) is 5.91 Å². The van der Waals surface area contributed by atoms with Gasteiger partial charge in [-0.3, -0.25) is 14.5 Å². The highest BCUT2D eigenvalue weighted by Crippen LogP contribution is 2.34. The highest BCUT2D eigenvalue weighted by atomic mass is 32.1. The van der Waals surface area contributed by atoms with Crippen molar-refractivity contribution < 1.29 is 23.9 Å². The number of hydrogen-bond donors (Lipinski definition) is 1. The molecule has 150 valence electrons. The Bertz CT molecular complexity index is 693. The van der Waals surface area contributed by atoms with Gasteiger partial charge >= 0.3 is 11.9 Å². The molecule has 1 saturated heterocycles. The number of carbonyl (C=O) groups is 3. The van der Waals surface area contributed by atoms with Gasteiger partial charge in [0.05, 0.1) is 31.7 Å². The lowest BCUT2D eigenvalue weighted by atomic mass is 9.97. The van der Waals surface area contributed by atoms with E-state index in [0.717, 1.165) is 16.9 Å². The third-order valence-corrected chi connectivity index (χ3v) is 6.14. The highest BCUT2D eigenvalue weighted by molar-refractivity contribution is 7.17. The van der Waals surface area contributed by atoms with Gasteiger partial charge in [-0.1, -0.05) is 6.92 Å². The summed E-state index contributed by atoms with van der Waals surface area (Å²) < 4.78 is 9.93. The number of nitrogens with zero attached hydrogens (tertiary/aromatic N) is 1. The minimum atomic E-state index is -0.403. The Balaban J connectivity index is 2.00. The fourth-order valence-electron chi connectivity index (χ4n) is 3.30. The predicted molar refractivity (Wildman–Crippen MR) is 104 cm³/mol. The maximum absolute atomic E-state index is 12.5. The number of rotatable bonds is 7. The van der Waals surface area contributed by atoms with E-state index in [9.17, 15) is 14.4 Å². The molecule has 0 unspecified atom stereocenters. The summed E-state index contributed by atoms with van der Waals surface area (Å²) in [5.74, 6) is -0.836. The van der Waals surface area contributed by atoms with E-state index in [2.05, 4.69) is 5.32 Å². The van der Waals surface area contributed by atoms with Crippen molar-refractivity contribution in [1.29, 1.82) is 0 Å². The van der Waals surface area contributed by atoms with E-state index in [1.54, 1.807) is 6.92 Å². The fourth-order valence-corrected chi connectivity index (χ4v) is 4.45. The first-order chi connectivity index (χ1) is 12.9. The van der Waals surface area contributed by atoms with E-state index >= 15 is 0 Å². The average Bonchev–Trinajstić information content (AvgIpc) is 2.96. The molecule has 0 saturated carbocycles. The van der Waals surface area contributed by atoms with E-state index in [4.69, 9.17) is 9.47 Å². The Hall–Kier alpha value is -1.93. The molecule has 0 spiro atoms. The first-order valence-corrected chi connectivity index (χ1v) is 10.1. The van der Waals surface area contributed by atoms with Gasteiger partial charge in [-0.25, -0.2) is 4.79 Å². The lowest BCUT2D eigenvalue weighted by Gasteiger charge is -2.29. The summed E-state index contributed by atoms with van der Waals surface area (Å²) in [6.07, 6.45) is 2.16. The predicted octanol–water partition coefficient (Wildman–Crippen LogP) is 2.62. The molecule has 2 heterocycles. The molecular formula is C19H28N2O5S. The number of methoxy groups -OCH3 is 1. The second kappa shape index (κ2) is 9.85. The van der Waals surface area contributed by atoms with Crippen LogP contribution in [0.25, 0.3) is 0 Å². The number of esters is 2. The van der Waals surface area contributed by atoms with Crippen molar-refractivity contribution in [2.75, 3.05) is 38.7 Å². The zero-order valence-electron chi connectivity index (χ0n) is 16.4. The van der Waals surface area contributed by atoms with Crippen LogP contribution in [0.4, 0.5) is 5.00 Å². The normalized spacial score (nSPS) is 15.4. The van der Waals surface area contributed by atoms with Gasteiger partial charge < -0.3 is 14.8 Å². The zero-order valence-corrected chi connectivity index (χ0v) is 17.2. The summed E-state index contributed by atoms with van der Waals surface area (Å²) in [5.41, 5.74) is 1.33. The van der Waals surface area contributed by atoms with Gasteiger partial charge in [-0.15, -0.1) is 11.3 Å². The quantitative estimate of drug-likeness (QED) is 0.713. The van der Waals surface area contributed by atoms with Crippen molar-refractivity contribution >= 4 is 34.2 Å². The molecule has 0 aromatic carbocycles. The standard InChI is InChI=1S/C19H28N2O5S/c1-5-14-12(3)16(19(24)26-6-2)17(27-14)20-15(22)11-21-9-7-13(8-10-21)18(23)25-4/h13H,5-11H2,1-4H3,(H,20,22). The third kappa shape index (κ3) is 5.29. The van der Waals surface area contributed by atoms with Crippen molar-refractivity contribution in [2.45, 2.75) is 40.0 Å². The number of anilines is 1. The van der Waals surface area contributed by atoms with Crippen LogP contribution >= 0.6 is 11.3 Å². The van der Waals surface area contributed by atoms with Gasteiger partial charge in [0.15, 0.2) is 0 Å². The zero-order chi connectivity index (χ0) is 20.0. The number of amides is 1. The van der Waals surface area contributed by atoms with Gasteiger partial charge in [0.25, 0.3) is 0 Å². The molecule has 8 heteroatoms. The number of piperidine rings is 1. The summed E-state index contributed by atoms with van der Waals surface area (Å²) in [4.78, 5) is 39.5. The van der Waals surface area contributed by atoms with Crippen LogP contribution in [-0.4, -0.2) is 56.1 Å². The maximum Gasteiger partial charge on any atom is 0.341 e. The molecule has 0 radical (unpaired) electrons. The maximum atomic E-state index is 12.5. The summed E-state index contributed by atoms with van der Waals surface area (Å²) in [6.45, 7) is 7.52. The van der Waals surface area contributed by atoms with Crippen molar-refractivity contribution in [3.05, 3.63) is 16.0 Å². The molecule has 1 fully saturated rings. The van der Waals surface area contributed by atoms with Gasteiger partial charge in [0.1, 0.15) is 5.00 Å². The minimum absolute atomic E-state index is 0.0863. The Kier molecular flexibility index (Phi) is 7.79. The second-order valence-electron chi connectivity index (χ2n) is 6.55. The van der Waals surface area contributed by atoms with Crippen LogP contribution in [0.2, 0.25) is 0 Å². The highest BCUT2D eigenvalue weighted by Gasteiger charge is 2.27. The van der Waals surface area contributed by atoms with Crippen molar-refractivity contribution in [1.82, 2.24) is 4.90 Å². The average molecular weight is 397 g/mol. The molecule has 7 nitrogen and oxygen atoms in total. The topological polar surface area (TPSA) is 84.9 Å². The molecular weight excluding hydrogens is 368 g/mol. The Morgan fingerprint density at radius 2 is 1.89 bits per heavy atom. The van der Waals surface area contributed by atoms with Crippen LogP contribution in [0.15, 0.2) is 0 Å². The summed E-state index contributed by atoms with van der Waals surface area (Å²) >= 11 is 1.43. The van der Waals surface area contributed by atoms with E-state index in [1.807, 2.05) is 18.7 Å². The molecule has 1 N–H and O–H groups in total. The van der Waals surface area contributed by atoms with Crippen molar-refractivity contribution in [2.24, 2.45) is 5.92 Å². The molecule has 2 rings (SSSR count). The van der Waals surface area contributed by atoms with Crippen LogP contribution in [0.3, 0.4) is 0 Å². The SMILES string of the molecule is CCOC(=O)c1c(NC(=O)CN2CCC(C(=O)OC)CC2)sc(CC)c1C. The largest absolute Gasteiger partial charge is 0.469 e. The van der Waals surface area contributed by atoms with Crippen LogP contribution in [0, 0.1) is 12.8 Å². The van der Waals surface area contributed by atoms with E-state index < -0.39 is 5.97 Å². The molecule has 0 bridgehead atoms. The lowest BCUT2D eigenvalue weighted by Crippen LogP contribution is -2.41. The Morgan fingerprint density at radius 1 is 1.22 bits per heavy atom. The summed E-state index contributed by atoms with van der Waals surface area (Å²) in [7, 11) is 1.40. The Labute approximate surface area is 164 Å². The molecule has 0 atom stereocenters. The monoisotopic (exact) mass is 396 g/mol. The number of hydrogen-bond acceptors (Lipinski definition) is 7. The smallest absolute Gasteiger partial charge is 0.341 e. The van der Waals surface area contributed by atoms with E-state index in [1.165, 1.54) is 18.4 Å². The number of ether oxygens (including phenoxy) is 2. The van der Waals surface area contributed by atoms with Crippen LogP contribution in [0.5, 0.6) is 0 Å². The van der Waals surface area contributed by atoms with E-state index in [0.29, 0.717) is 36.5 Å². The van der Waals surface area contributed by atoms with Gasteiger partial charge in [-0.05, 0) is 51.8 Å². The first-order valence-electron chi connectivity index (χ1n) is 9.30. The van der Waals surface area contributed by atoms with Crippen LogP contribution in [-0.2, 0) is 25.5 Å². The molecule has 1 aromatic heterocycles. The first kappa shape index (κ1) is 21.4. The molecule has 1 aromatic rings. The minimum Gasteiger partial charge on any atom is -0.469 e. The second-order valence-corrected chi connectivity index (χ2v) is 7.66. The van der Waals surface area contributed by atoms with Gasteiger partial charge in [-0.2, -0.15) is 0 Å². The number of carbonyl (C=O) groups excluding carboxylic acids is 3. The number of likely N-dealkylation sites (tertiary alicyclic amines) is 1. The molecule has 1 amide bonds. The van der Waals surface area contributed by atoms with Crippen LogP contribution < -0.4 is 5.32 Å². The number of thiophene rings is 1. The third-order valence-electron chi connectivity index (χ3n) is 4.79. The van der Waals surface area contributed by atoms with Crippen LogP contribution in [0.1, 0.15) is 47.5 Å². The summed E-state index contributed by atoms with van der Waals surface area (Å²) in [5, 5.41) is 3.44. The van der Waals surface area contributed by atoms with Gasteiger partial charge in [0, 0.05) is 4.88 Å². The lowest BCUT2D eigenvalue weighted by molar-refractivity contribution is -0.147. The Morgan fingerprint density at radius 3 is 2.44 bits per heavy atom. The fraction of sp³-hybridized carbons (Fsp3) is 0.632. The van der Waals surface area contributed by atoms with Crippen molar-refractivity contribution in [3.8, 4) is 0 Å². The van der Waals surface area contributed by atoms with Crippen molar-refractivity contribution in [3.63, 3.8) is 0 Å². The van der Waals surface area contributed by atoms with E-state index in [-0.39, 0.29) is 30.9 Å².